The van der Waals surface area contributed by atoms with E-state index in [4.69, 9.17) is 8.83 Å². The molecule has 0 bridgehead atoms. The fraction of sp³-hybridized carbons (Fsp3) is 0.0448. The van der Waals surface area contributed by atoms with Crippen LogP contribution in [0.2, 0.25) is 0 Å². The Hall–Kier alpha value is -17.6. The Labute approximate surface area is 821 Å². The fourth-order valence-corrected chi connectivity index (χ4v) is 24.1. The van der Waals surface area contributed by atoms with E-state index in [0.717, 1.165) is 151 Å². The van der Waals surface area contributed by atoms with Crippen molar-refractivity contribution in [1.29, 1.82) is 0 Å². The topological polar surface area (TPSA) is 39.2 Å². The van der Waals surface area contributed by atoms with Gasteiger partial charge < -0.3 is 28.4 Å². The van der Waals surface area contributed by atoms with Gasteiger partial charge in [-0.05, 0) is 239 Å². The summed E-state index contributed by atoms with van der Waals surface area (Å²) in [4.78, 5) is 9.89. The molecule has 26 aromatic rings. The molecule has 666 valence electrons. The fourth-order valence-electron chi connectivity index (χ4n) is 23.1. The summed E-state index contributed by atoms with van der Waals surface area (Å²) in [7, 11) is 0. The quantitative estimate of drug-likeness (QED) is 0.102. The van der Waals surface area contributed by atoms with E-state index < -0.39 is 0 Å². The van der Waals surface area contributed by atoms with Crippen LogP contribution in [-0.2, 0) is 10.8 Å². The lowest BCUT2D eigenvalue weighted by atomic mass is 9.82. The first-order chi connectivity index (χ1) is 69.4. The Kier molecular flexibility index (Phi) is 19.4. The maximum absolute atomic E-state index is 6.58. The highest BCUT2D eigenvalue weighted by Gasteiger charge is 2.39. The third-order valence-corrected chi connectivity index (χ3v) is 31.0. The lowest BCUT2D eigenvalue weighted by Gasteiger charge is -2.33. The first-order valence-corrected chi connectivity index (χ1v) is 49.5. The molecular formula is C134H92N4O2S. The van der Waals surface area contributed by atoms with Crippen LogP contribution in [0.15, 0.2) is 494 Å². The zero-order valence-electron chi connectivity index (χ0n) is 78.2. The molecule has 0 aliphatic heterocycles. The van der Waals surface area contributed by atoms with Crippen LogP contribution in [0.25, 0.3) is 174 Å². The largest absolute Gasteiger partial charge is 0.456 e. The maximum Gasteiger partial charge on any atom is 0.143 e. The van der Waals surface area contributed by atoms with Gasteiger partial charge in [0.25, 0.3) is 0 Å². The van der Waals surface area contributed by atoms with E-state index >= 15 is 0 Å². The Morgan fingerprint density at radius 3 is 1.13 bits per heavy atom. The Morgan fingerprint density at radius 2 is 0.560 bits per heavy atom. The van der Waals surface area contributed by atoms with Crippen molar-refractivity contribution in [2.24, 2.45) is 0 Å². The van der Waals surface area contributed by atoms with Crippen LogP contribution in [0, 0.1) is 0 Å². The molecule has 2 aliphatic carbocycles. The molecule has 0 amide bonds. The van der Waals surface area contributed by atoms with E-state index in [2.05, 4.69) is 514 Å². The number of furan rings is 2. The average molecular weight is 1820 g/mol. The lowest BCUT2D eigenvalue weighted by Crippen LogP contribution is -2.18. The van der Waals surface area contributed by atoms with Crippen molar-refractivity contribution in [2.45, 2.75) is 38.5 Å². The summed E-state index contributed by atoms with van der Waals surface area (Å²) >= 11 is 1.85. The molecule has 0 radical (unpaired) electrons. The minimum Gasteiger partial charge on any atom is -0.456 e. The monoisotopic (exact) mass is 1820 g/mol. The molecule has 0 saturated heterocycles. The van der Waals surface area contributed by atoms with Crippen LogP contribution in [0.3, 0.4) is 0 Å². The van der Waals surface area contributed by atoms with Gasteiger partial charge in [-0.1, -0.05) is 367 Å². The van der Waals surface area contributed by atoms with Crippen molar-refractivity contribution >= 4 is 197 Å². The SMILES string of the molecule is CC1(C)c2ccccc2-c2ccc(N(c3ccc(N(c4ccc5c(c4)C(C)(C)c4ccccc4-5)c4cccc5ccccc45)c(-c4ccc(-c5cc6c7ccccc7oc6c6ccccc56)cc4)c3)c3cccc4ccccc34)cc21.c1ccc(N(c2cc(N(c3ccc4oc5ccccc5c4c3)c3cccc4ccccc34)ccc2-c2ccc3sc4ccccc4c3c2)c2cccc3ccccc23)cc1. The molecule has 0 atom stereocenters. The Balaban J connectivity index is 0.000000148. The van der Waals surface area contributed by atoms with Gasteiger partial charge in [0, 0.05) is 125 Å². The summed E-state index contributed by atoms with van der Waals surface area (Å²) in [6, 6.07) is 178. The zero-order valence-corrected chi connectivity index (χ0v) is 79.0. The maximum atomic E-state index is 6.58. The van der Waals surface area contributed by atoms with Gasteiger partial charge >= 0.3 is 0 Å². The van der Waals surface area contributed by atoms with E-state index in [0.29, 0.717) is 0 Å². The van der Waals surface area contributed by atoms with Gasteiger partial charge in [0.1, 0.15) is 22.3 Å². The number of hydrogen-bond donors (Lipinski definition) is 0. The number of fused-ring (bicyclic) bond motifs is 21. The summed E-state index contributed by atoms with van der Waals surface area (Å²) in [5.74, 6) is 0. The minimum absolute atomic E-state index is 0.186. The van der Waals surface area contributed by atoms with E-state index in [1.807, 2.05) is 29.5 Å². The predicted octanol–water partition coefficient (Wildman–Crippen LogP) is 38.8. The van der Waals surface area contributed by atoms with Gasteiger partial charge in [0.05, 0.1) is 34.1 Å². The number of hydrogen-bond acceptors (Lipinski definition) is 7. The van der Waals surface area contributed by atoms with Crippen molar-refractivity contribution < 1.29 is 8.83 Å². The molecule has 23 aromatic carbocycles. The normalized spacial score (nSPS) is 12.8. The second-order valence-electron chi connectivity index (χ2n) is 38.5. The predicted molar refractivity (Wildman–Crippen MR) is 598 cm³/mol. The first kappa shape index (κ1) is 82.8. The molecule has 0 fully saturated rings. The smallest absolute Gasteiger partial charge is 0.143 e. The summed E-state index contributed by atoms with van der Waals surface area (Å²) in [5, 5.41) is 18.8. The van der Waals surface area contributed by atoms with Gasteiger partial charge in [0.15, 0.2) is 0 Å². The molecule has 3 heterocycles. The van der Waals surface area contributed by atoms with Gasteiger partial charge in [0.2, 0.25) is 0 Å². The standard InChI is InChI=1S/C78H56N2O.C56H36N2OS/c1-77(2)68-30-14-11-26-59(68)61-42-39-54(46-70(61)77)79(72-32-17-21-49-19-5-7-23-56(49)72)53-41-44-74(66(45-53)52-37-35-51(36-38-52)65-48-67-63-28-13-16-34-75(63)81-76(67)64-29-10-9-25-58(64)65)80(73-33-18-22-50-20-6-8-24-57(50)73)55-40-43-62-60-27-12-15-31-69(60)78(3,4)71(62)47-55;1-2-18-40(19-3-1)58(51-25-13-17-38-15-5-7-21-44(38)51)52-36-42(29-31-45(52)39-28-33-56-49(34-39)47-23-9-11-27-55(47)60-56)57(50-24-12-16-37-14-4-6-20-43(37)50)41-30-32-54-48(35-41)46-22-8-10-26-53(46)59-54/h5-48H,1-4H3;1-36H. The third kappa shape index (κ3) is 13.7. The van der Waals surface area contributed by atoms with Gasteiger partial charge in [-0.3, -0.25) is 0 Å². The minimum atomic E-state index is -0.199. The number of thiophene rings is 1. The van der Waals surface area contributed by atoms with Crippen LogP contribution < -0.4 is 19.6 Å². The number of rotatable bonds is 15. The van der Waals surface area contributed by atoms with E-state index in [1.54, 1.807) is 0 Å². The van der Waals surface area contributed by atoms with Crippen LogP contribution >= 0.6 is 11.3 Å². The van der Waals surface area contributed by atoms with Crippen LogP contribution in [0.4, 0.5) is 68.2 Å². The van der Waals surface area contributed by atoms with Crippen LogP contribution in [-0.4, -0.2) is 0 Å². The van der Waals surface area contributed by atoms with Crippen molar-refractivity contribution in [3.05, 3.63) is 508 Å². The van der Waals surface area contributed by atoms with Crippen molar-refractivity contribution in [3.8, 4) is 55.6 Å². The molecule has 0 saturated carbocycles. The summed E-state index contributed by atoms with van der Waals surface area (Å²) in [5.41, 5.74) is 33.7. The van der Waals surface area contributed by atoms with Crippen molar-refractivity contribution in [2.75, 3.05) is 19.6 Å². The molecule has 28 rings (SSSR count). The average Bonchev–Trinajstić information content (AvgIpc) is 1.60. The van der Waals surface area contributed by atoms with Crippen molar-refractivity contribution in [3.63, 3.8) is 0 Å². The van der Waals surface area contributed by atoms with Gasteiger partial charge in [-0.25, -0.2) is 0 Å². The second-order valence-corrected chi connectivity index (χ2v) is 39.6. The number of benzene rings is 23. The van der Waals surface area contributed by atoms with Gasteiger partial charge in [-0.15, -0.1) is 11.3 Å². The molecule has 7 heteroatoms. The van der Waals surface area contributed by atoms with E-state index in [-0.39, 0.29) is 10.8 Å². The van der Waals surface area contributed by atoms with Crippen LogP contribution in [0.5, 0.6) is 0 Å². The molecular weight excluding hydrogens is 1730 g/mol. The molecule has 6 nitrogen and oxygen atoms in total. The summed E-state index contributed by atoms with van der Waals surface area (Å²) < 4.78 is 15.5. The number of anilines is 12. The highest BCUT2D eigenvalue weighted by atomic mass is 32.1. The van der Waals surface area contributed by atoms with E-state index in [1.165, 1.54) is 113 Å². The molecule has 0 spiro atoms. The molecule has 3 aromatic heterocycles. The Morgan fingerprint density at radius 1 is 0.177 bits per heavy atom. The number of para-hydroxylation sites is 3. The summed E-state index contributed by atoms with van der Waals surface area (Å²) in [6.07, 6.45) is 0. The second kappa shape index (κ2) is 33.1. The number of nitrogens with zero attached hydrogens (tertiary/aromatic N) is 4. The molecule has 0 unspecified atom stereocenters. The highest BCUT2D eigenvalue weighted by Crippen LogP contribution is 2.58. The summed E-state index contributed by atoms with van der Waals surface area (Å²) in [6.45, 7) is 9.50. The highest BCUT2D eigenvalue weighted by molar-refractivity contribution is 7.25. The van der Waals surface area contributed by atoms with E-state index in [9.17, 15) is 0 Å². The molecule has 141 heavy (non-hydrogen) atoms. The molecule has 2 aliphatic rings. The zero-order chi connectivity index (χ0) is 93.7. The first-order valence-electron chi connectivity index (χ1n) is 48.6. The van der Waals surface area contributed by atoms with Crippen molar-refractivity contribution in [1.82, 2.24) is 0 Å². The Bertz CT molecular complexity index is 9550. The lowest BCUT2D eigenvalue weighted by molar-refractivity contribution is 0.660. The van der Waals surface area contributed by atoms with Crippen LogP contribution in [0.1, 0.15) is 49.9 Å². The molecule has 0 N–H and O–H groups in total. The third-order valence-electron chi connectivity index (χ3n) is 29.9. The van der Waals surface area contributed by atoms with Gasteiger partial charge in [-0.2, -0.15) is 0 Å².